The fourth-order valence-corrected chi connectivity index (χ4v) is 4.04. The molecule has 0 aliphatic carbocycles. The van der Waals surface area contributed by atoms with Gasteiger partial charge in [-0.05, 0) is 36.2 Å². The van der Waals surface area contributed by atoms with Crippen molar-refractivity contribution in [3.8, 4) is 0 Å². The number of furan rings is 1. The summed E-state index contributed by atoms with van der Waals surface area (Å²) in [6.45, 7) is 1.95. The molecular weight excluding hydrogens is 402 g/mol. The Kier molecular flexibility index (Phi) is 4.32. The molecule has 1 unspecified atom stereocenters. The normalized spacial score (nSPS) is 15.1. The Morgan fingerprint density at radius 1 is 1.10 bits per heavy atom. The summed E-state index contributed by atoms with van der Waals surface area (Å²) in [6, 6.07) is 14.0. The predicted octanol–water partition coefficient (Wildman–Crippen LogP) is 5.10. The predicted molar refractivity (Wildman–Crippen MR) is 111 cm³/mol. The van der Waals surface area contributed by atoms with Crippen molar-refractivity contribution >= 4 is 28.5 Å². The second kappa shape index (κ2) is 7.05. The van der Waals surface area contributed by atoms with Crippen molar-refractivity contribution in [2.24, 2.45) is 0 Å². The minimum atomic E-state index is -0.885. The van der Waals surface area contributed by atoms with Crippen molar-refractivity contribution in [1.82, 2.24) is 5.32 Å². The Morgan fingerprint density at radius 2 is 1.90 bits per heavy atom. The maximum absolute atomic E-state index is 13.9. The smallest absolute Gasteiger partial charge is 0.259 e. The quantitative estimate of drug-likeness (QED) is 0.486. The van der Waals surface area contributed by atoms with Gasteiger partial charge in [-0.2, -0.15) is 0 Å². The highest BCUT2D eigenvalue weighted by atomic mass is 19.1. The molecule has 2 heterocycles. The van der Waals surface area contributed by atoms with Crippen LogP contribution in [0, 0.1) is 18.6 Å². The lowest BCUT2D eigenvalue weighted by Crippen LogP contribution is -2.21. The van der Waals surface area contributed by atoms with E-state index in [0.29, 0.717) is 22.9 Å². The summed E-state index contributed by atoms with van der Waals surface area (Å²) in [5, 5.41) is 5.78. The zero-order chi connectivity index (χ0) is 21.7. The lowest BCUT2D eigenvalue weighted by atomic mass is 9.93. The zero-order valence-electron chi connectivity index (χ0n) is 16.3. The molecule has 0 saturated carbocycles. The second-order valence-corrected chi connectivity index (χ2v) is 7.40. The van der Waals surface area contributed by atoms with E-state index in [0.717, 1.165) is 23.5 Å². The molecule has 1 aliphatic rings. The fraction of sp³-hybridized carbons (Fsp3) is 0.0833. The molecule has 4 aromatic rings. The zero-order valence-corrected chi connectivity index (χ0v) is 16.3. The third-order valence-electron chi connectivity index (χ3n) is 5.50. The van der Waals surface area contributed by atoms with E-state index in [-0.39, 0.29) is 22.4 Å². The number of amides is 2. The number of nitrogens with one attached hydrogen (secondary N) is 2. The Labute approximate surface area is 175 Å². The first-order chi connectivity index (χ1) is 14.9. The average molecular weight is 418 g/mol. The number of carbonyl (C=O) groups is 2. The maximum Gasteiger partial charge on any atom is 0.259 e. The van der Waals surface area contributed by atoms with Crippen LogP contribution in [-0.4, -0.2) is 11.8 Å². The number of hydrogen-bond acceptors (Lipinski definition) is 3. The van der Waals surface area contributed by atoms with Gasteiger partial charge < -0.3 is 15.1 Å². The Hall–Kier alpha value is -4.00. The minimum Gasteiger partial charge on any atom is -0.460 e. The SMILES string of the molecule is Cc1ccccc1C1NC(=O)c2cccc(NC(=O)c3coc4c(F)cc(F)cc34)c21. The van der Waals surface area contributed by atoms with E-state index in [1.54, 1.807) is 18.2 Å². The molecule has 31 heavy (non-hydrogen) atoms. The molecular formula is C24H16F2N2O3. The van der Waals surface area contributed by atoms with Crippen molar-refractivity contribution in [3.05, 3.63) is 100 Å². The van der Waals surface area contributed by atoms with E-state index in [1.165, 1.54) is 0 Å². The number of anilines is 1. The summed E-state index contributed by atoms with van der Waals surface area (Å²) in [7, 11) is 0. The number of carbonyl (C=O) groups excluding carboxylic acids is 2. The summed E-state index contributed by atoms with van der Waals surface area (Å²) >= 11 is 0. The van der Waals surface area contributed by atoms with Gasteiger partial charge in [0.05, 0.1) is 11.6 Å². The largest absolute Gasteiger partial charge is 0.460 e. The van der Waals surface area contributed by atoms with Crippen molar-refractivity contribution in [2.75, 3.05) is 5.32 Å². The van der Waals surface area contributed by atoms with Crippen LogP contribution in [0.1, 0.15) is 43.4 Å². The molecule has 2 amide bonds. The van der Waals surface area contributed by atoms with Gasteiger partial charge in [-0.15, -0.1) is 0 Å². The Morgan fingerprint density at radius 3 is 2.71 bits per heavy atom. The van der Waals surface area contributed by atoms with Gasteiger partial charge in [0.2, 0.25) is 0 Å². The molecule has 0 fully saturated rings. The Balaban J connectivity index is 1.57. The van der Waals surface area contributed by atoms with Crippen molar-refractivity contribution < 1.29 is 22.8 Å². The molecule has 1 aliphatic heterocycles. The van der Waals surface area contributed by atoms with Crippen molar-refractivity contribution in [3.63, 3.8) is 0 Å². The van der Waals surface area contributed by atoms with E-state index in [9.17, 15) is 18.4 Å². The van der Waals surface area contributed by atoms with Crippen LogP contribution in [0.15, 0.2) is 65.3 Å². The summed E-state index contributed by atoms with van der Waals surface area (Å²) < 4.78 is 32.8. The number of rotatable bonds is 3. The molecule has 0 radical (unpaired) electrons. The van der Waals surface area contributed by atoms with Gasteiger partial charge in [-0.3, -0.25) is 9.59 Å². The van der Waals surface area contributed by atoms with Gasteiger partial charge in [-0.25, -0.2) is 8.78 Å². The third-order valence-corrected chi connectivity index (χ3v) is 5.50. The van der Waals surface area contributed by atoms with Crippen LogP contribution in [-0.2, 0) is 0 Å². The first-order valence-corrected chi connectivity index (χ1v) is 9.61. The number of halogens is 2. The first kappa shape index (κ1) is 19.0. The molecule has 1 atom stereocenters. The standard InChI is InChI=1S/C24H16F2N2O3/c1-12-5-2-3-6-14(12)21-20-15(23(29)28-21)7-4-8-19(20)27-24(30)17-11-31-22-16(17)9-13(25)10-18(22)26/h2-11,21H,1H3,(H,27,30)(H,28,29). The van der Waals surface area contributed by atoms with Crippen LogP contribution >= 0.6 is 0 Å². The lowest BCUT2D eigenvalue weighted by Gasteiger charge is -2.18. The third kappa shape index (κ3) is 3.06. The van der Waals surface area contributed by atoms with E-state index in [4.69, 9.17) is 4.42 Å². The molecule has 3 aromatic carbocycles. The van der Waals surface area contributed by atoms with Crippen LogP contribution in [0.2, 0.25) is 0 Å². The maximum atomic E-state index is 13.9. The van der Waals surface area contributed by atoms with Crippen LogP contribution in [0.4, 0.5) is 14.5 Å². The molecule has 0 bridgehead atoms. The summed E-state index contributed by atoms with van der Waals surface area (Å²) in [4.78, 5) is 25.5. The number of aryl methyl sites for hydroxylation is 1. The lowest BCUT2D eigenvalue weighted by molar-refractivity contribution is 0.0959. The second-order valence-electron chi connectivity index (χ2n) is 7.40. The molecule has 0 saturated heterocycles. The van der Waals surface area contributed by atoms with Crippen molar-refractivity contribution in [1.29, 1.82) is 0 Å². The van der Waals surface area contributed by atoms with Gasteiger partial charge >= 0.3 is 0 Å². The molecule has 2 N–H and O–H groups in total. The van der Waals surface area contributed by atoms with E-state index >= 15 is 0 Å². The van der Waals surface area contributed by atoms with Gasteiger partial charge in [-0.1, -0.05) is 30.3 Å². The molecule has 0 spiro atoms. The van der Waals surface area contributed by atoms with Gasteiger partial charge in [0.25, 0.3) is 11.8 Å². The summed E-state index contributed by atoms with van der Waals surface area (Å²) in [6.07, 6.45) is 1.09. The minimum absolute atomic E-state index is 0.00396. The Bertz CT molecular complexity index is 1380. The number of fused-ring (bicyclic) bond motifs is 2. The van der Waals surface area contributed by atoms with Gasteiger partial charge in [0.15, 0.2) is 11.4 Å². The van der Waals surface area contributed by atoms with Crippen molar-refractivity contribution in [2.45, 2.75) is 13.0 Å². The van der Waals surface area contributed by atoms with E-state index < -0.39 is 23.6 Å². The summed E-state index contributed by atoms with van der Waals surface area (Å²) in [5.74, 6) is -2.53. The van der Waals surface area contributed by atoms with Crippen LogP contribution in [0.25, 0.3) is 11.0 Å². The molecule has 154 valence electrons. The first-order valence-electron chi connectivity index (χ1n) is 9.61. The highest BCUT2D eigenvalue weighted by Crippen LogP contribution is 2.38. The molecule has 7 heteroatoms. The van der Waals surface area contributed by atoms with Crippen LogP contribution in [0.5, 0.6) is 0 Å². The topological polar surface area (TPSA) is 71.3 Å². The van der Waals surface area contributed by atoms with E-state index in [1.807, 2.05) is 31.2 Å². The van der Waals surface area contributed by atoms with Crippen LogP contribution < -0.4 is 10.6 Å². The van der Waals surface area contributed by atoms with Gasteiger partial charge in [0.1, 0.15) is 12.1 Å². The fourth-order valence-electron chi connectivity index (χ4n) is 4.04. The summed E-state index contributed by atoms with van der Waals surface area (Å²) in [5.41, 5.74) is 3.23. The average Bonchev–Trinajstić information content (AvgIpc) is 3.31. The van der Waals surface area contributed by atoms with E-state index in [2.05, 4.69) is 10.6 Å². The monoisotopic (exact) mass is 418 g/mol. The molecule has 5 rings (SSSR count). The molecule has 1 aromatic heterocycles. The number of benzene rings is 3. The molecule has 5 nitrogen and oxygen atoms in total. The van der Waals surface area contributed by atoms with Gasteiger partial charge in [0, 0.05) is 28.3 Å². The van der Waals surface area contributed by atoms with Crippen LogP contribution in [0.3, 0.4) is 0 Å². The highest BCUT2D eigenvalue weighted by molar-refractivity contribution is 6.13. The highest BCUT2D eigenvalue weighted by Gasteiger charge is 2.33. The number of hydrogen-bond donors (Lipinski definition) is 2.